The molecule has 2 heterocycles. The van der Waals surface area contributed by atoms with Gasteiger partial charge in [0.15, 0.2) is 0 Å². The molecular weight excluding hydrogens is 450 g/mol. The minimum Gasteiger partial charge on any atom is -0.497 e. The van der Waals surface area contributed by atoms with Crippen LogP contribution in [-0.4, -0.2) is 69.9 Å². The smallest absolute Gasteiger partial charge is 0.243 e. The third kappa shape index (κ3) is 4.93. The van der Waals surface area contributed by atoms with Crippen LogP contribution in [0.25, 0.3) is 0 Å². The van der Waals surface area contributed by atoms with Crippen molar-refractivity contribution in [2.75, 3.05) is 51.3 Å². The van der Waals surface area contributed by atoms with Gasteiger partial charge >= 0.3 is 0 Å². The third-order valence-corrected chi connectivity index (χ3v) is 9.14. The number of anilines is 1. The van der Waals surface area contributed by atoms with E-state index in [1.54, 1.807) is 7.11 Å². The molecule has 0 radical (unpaired) electrons. The summed E-state index contributed by atoms with van der Waals surface area (Å²) in [5.74, 6) is 0.610. The molecule has 0 saturated carbocycles. The van der Waals surface area contributed by atoms with Gasteiger partial charge in [-0.2, -0.15) is 4.31 Å². The number of carbonyl (C=O) groups excluding carboxylic acids is 1. The molecule has 4 rings (SSSR count). The van der Waals surface area contributed by atoms with E-state index in [9.17, 15) is 13.2 Å². The molecule has 0 aromatic heterocycles. The van der Waals surface area contributed by atoms with Gasteiger partial charge in [0.25, 0.3) is 0 Å². The van der Waals surface area contributed by atoms with Gasteiger partial charge in [-0.05, 0) is 69.0 Å². The Bertz CT molecular complexity index is 1120. The molecule has 2 aliphatic heterocycles. The molecule has 34 heavy (non-hydrogen) atoms. The van der Waals surface area contributed by atoms with E-state index in [1.165, 1.54) is 4.31 Å². The molecule has 0 N–H and O–H groups in total. The SMILES string of the molecule is COc1ccc(N2CCN(C(=O)[C@H]3CCCN(S(=O)(=O)c4c(C)cc(C)cc4C)C3)CC2)cc1. The first kappa shape index (κ1) is 24.5. The fraction of sp³-hybridized carbons (Fsp3) is 0.500. The molecule has 1 atom stereocenters. The van der Waals surface area contributed by atoms with Crippen LogP contribution in [0.15, 0.2) is 41.3 Å². The number of benzene rings is 2. The Balaban J connectivity index is 1.41. The van der Waals surface area contributed by atoms with Gasteiger partial charge in [0.05, 0.1) is 17.9 Å². The summed E-state index contributed by atoms with van der Waals surface area (Å²) in [6, 6.07) is 11.8. The molecule has 2 aromatic carbocycles. The van der Waals surface area contributed by atoms with E-state index in [2.05, 4.69) is 4.90 Å². The van der Waals surface area contributed by atoms with Crippen molar-refractivity contribution < 1.29 is 17.9 Å². The molecule has 0 spiro atoms. The van der Waals surface area contributed by atoms with Crippen LogP contribution >= 0.6 is 0 Å². The molecule has 2 fully saturated rings. The molecule has 2 aliphatic rings. The summed E-state index contributed by atoms with van der Waals surface area (Å²) in [5, 5.41) is 0. The lowest BCUT2D eigenvalue weighted by atomic mass is 9.97. The van der Waals surface area contributed by atoms with Gasteiger partial charge in [-0.15, -0.1) is 0 Å². The van der Waals surface area contributed by atoms with Gasteiger partial charge in [0.1, 0.15) is 5.75 Å². The average Bonchev–Trinajstić information content (AvgIpc) is 2.83. The van der Waals surface area contributed by atoms with Gasteiger partial charge in [-0.1, -0.05) is 17.7 Å². The quantitative estimate of drug-likeness (QED) is 0.650. The topological polar surface area (TPSA) is 70.2 Å². The molecule has 184 valence electrons. The number of amides is 1. The van der Waals surface area contributed by atoms with Crippen molar-refractivity contribution in [2.24, 2.45) is 5.92 Å². The maximum atomic E-state index is 13.5. The highest BCUT2D eigenvalue weighted by Crippen LogP contribution is 2.30. The number of ether oxygens (including phenoxy) is 1. The predicted octanol–water partition coefficient (Wildman–Crippen LogP) is 3.37. The number of sulfonamides is 1. The highest BCUT2D eigenvalue weighted by molar-refractivity contribution is 7.89. The third-order valence-electron chi connectivity index (χ3n) is 6.96. The van der Waals surface area contributed by atoms with Crippen molar-refractivity contribution in [3.05, 3.63) is 53.1 Å². The van der Waals surface area contributed by atoms with Crippen molar-refractivity contribution in [3.63, 3.8) is 0 Å². The fourth-order valence-corrected chi connectivity index (χ4v) is 7.24. The fourth-order valence-electron chi connectivity index (χ4n) is 5.30. The zero-order valence-electron chi connectivity index (χ0n) is 20.6. The summed E-state index contributed by atoms with van der Waals surface area (Å²) in [7, 11) is -1.99. The van der Waals surface area contributed by atoms with Gasteiger partial charge in [0, 0.05) is 45.0 Å². The minimum absolute atomic E-state index is 0.0756. The normalized spacial score (nSPS) is 19.8. The second kappa shape index (κ2) is 9.96. The Morgan fingerprint density at radius 2 is 1.56 bits per heavy atom. The molecule has 0 bridgehead atoms. The largest absolute Gasteiger partial charge is 0.497 e. The van der Waals surface area contributed by atoms with E-state index in [4.69, 9.17) is 4.74 Å². The van der Waals surface area contributed by atoms with E-state index in [0.717, 1.165) is 47.6 Å². The van der Waals surface area contributed by atoms with E-state index < -0.39 is 10.0 Å². The minimum atomic E-state index is -3.64. The van der Waals surface area contributed by atoms with E-state index >= 15 is 0 Å². The summed E-state index contributed by atoms with van der Waals surface area (Å²) >= 11 is 0. The first-order valence-electron chi connectivity index (χ1n) is 12.0. The Morgan fingerprint density at radius 1 is 0.941 bits per heavy atom. The van der Waals surface area contributed by atoms with Crippen LogP contribution in [0.1, 0.15) is 29.5 Å². The zero-order valence-corrected chi connectivity index (χ0v) is 21.4. The predicted molar refractivity (Wildman–Crippen MR) is 134 cm³/mol. The van der Waals surface area contributed by atoms with E-state index in [-0.39, 0.29) is 18.4 Å². The molecule has 2 aromatic rings. The number of piperidine rings is 1. The van der Waals surface area contributed by atoms with Crippen molar-refractivity contribution in [1.82, 2.24) is 9.21 Å². The van der Waals surface area contributed by atoms with Crippen LogP contribution < -0.4 is 9.64 Å². The summed E-state index contributed by atoms with van der Waals surface area (Å²) < 4.78 is 33.8. The number of hydrogen-bond donors (Lipinski definition) is 0. The highest BCUT2D eigenvalue weighted by atomic mass is 32.2. The van der Waals surface area contributed by atoms with Gasteiger partial charge < -0.3 is 14.5 Å². The molecule has 0 unspecified atom stereocenters. The first-order valence-corrected chi connectivity index (χ1v) is 13.4. The zero-order chi connectivity index (χ0) is 24.5. The van der Waals surface area contributed by atoms with E-state index in [0.29, 0.717) is 31.0 Å². The number of nitrogens with zero attached hydrogens (tertiary/aromatic N) is 3. The standard InChI is InChI=1S/C26H35N3O4S/c1-19-16-20(2)25(21(3)17-19)34(31,32)29-11-5-6-22(18-29)26(30)28-14-12-27(13-15-28)23-7-9-24(33-4)10-8-23/h7-10,16-17,22H,5-6,11-15,18H2,1-4H3/t22-/m0/s1. The number of rotatable bonds is 5. The van der Waals surface area contributed by atoms with Crippen molar-refractivity contribution >= 4 is 21.6 Å². The Morgan fingerprint density at radius 3 is 2.15 bits per heavy atom. The van der Waals surface area contributed by atoms with Crippen molar-refractivity contribution in [2.45, 2.75) is 38.5 Å². The van der Waals surface area contributed by atoms with Crippen LogP contribution in [0.3, 0.4) is 0 Å². The number of piperazine rings is 1. The van der Waals surface area contributed by atoms with Crippen LogP contribution in [0.2, 0.25) is 0 Å². The lowest BCUT2D eigenvalue weighted by Crippen LogP contribution is -2.53. The maximum Gasteiger partial charge on any atom is 0.243 e. The summed E-state index contributed by atoms with van der Waals surface area (Å²) in [5.41, 5.74) is 3.70. The first-order chi connectivity index (χ1) is 16.2. The molecule has 2 saturated heterocycles. The Labute approximate surface area is 203 Å². The average molecular weight is 486 g/mol. The highest BCUT2D eigenvalue weighted by Gasteiger charge is 2.37. The summed E-state index contributed by atoms with van der Waals surface area (Å²) in [6.07, 6.45) is 1.43. The number of methoxy groups -OCH3 is 1. The lowest BCUT2D eigenvalue weighted by Gasteiger charge is -2.39. The molecule has 0 aliphatic carbocycles. The van der Waals surface area contributed by atoms with Crippen LogP contribution in [0, 0.1) is 26.7 Å². The number of hydrogen-bond acceptors (Lipinski definition) is 5. The van der Waals surface area contributed by atoms with Gasteiger partial charge in [0.2, 0.25) is 15.9 Å². The van der Waals surface area contributed by atoms with Crippen molar-refractivity contribution in [3.8, 4) is 5.75 Å². The van der Waals surface area contributed by atoms with Crippen molar-refractivity contribution in [1.29, 1.82) is 0 Å². The van der Waals surface area contributed by atoms with Crippen LogP contribution in [0.4, 0.5) is 5.69 Å². The second-order valence-corrected chi connectivity index (χ2v) is 11.3. The molecule has 8 heteroatoms. The Hall–Kier alpha value is -2.58. The Kier molecular flexibility index (Phi) is 7.19. The second-order valence-electron chi connectivity index (χ2n) is 9.44. The maximum absolute atomic E-state index is 13.5. The van der Waals surface area contributed by atoms with Crippen LogP contribution in [0.5, 0.6) is 5.75 Å². The van der Waals surface area contributed by atoms with Crippen LogP contribution in [-0.2, 0) is 14.8 Å². The monoisotopic (exact) mass is 485 g/mol. The van der Waals surface area contributed by atoms with E-state index in [1.807, 2.05) is 62.1 Å². The molecule has 1 amide bonds. The number of carbonyl (C=O) groups is 1. The molecular formula is C26H35N3O4S. The lowest BCUT2D eigenvalue weighted by molar-refractivity contribution is -0.137. The summed E-state index contributed by atoms with van der Waals surface area (Å²) in [4.78, 5) is 17.9. The van der Waals surface area contributed by atoms with Gasteiger partial charge in [-0.3, -0.25) is 4.79 Å². The summed E-state index contributed by atoms with van der Waals surface area (Å²) in [6.45, 7) is 9.19. The van der Waals surface area contributed by atoms with Gasteiger partial charge in [-0.25, -0.2) is 8.42 Å². The number of aryl methyl sites for hydroxylation is 3. The molecule has 7 nitrogen and oxygen atoms in total.